The van der Waals surface area contributed by atoms with Crippen molar-refractivity contribution < 1.29 is 28.6 Å². The lowest BCUT2D eigenvalue weighted by molar-refractivity contribution is -0.139. The minimum absolute atomic E-state index is 0.0758. The van der Waals surface area contributed by atoms with E-state index in [-0.39, 0.29) is 18.8 Å². The van der Waals surface area contributed by atoms with Gasteiger partial charge < -0.3 is 30.1 Å². The maximum absolute atomic E-state index is 13.0. The van der Waals surface area contributed by atoms with Crippen molar-refractivity contribution in [3.8, 4) is 0 Å². The molecule has 202 valence electrons. The first-order valence-electron chi connectivity index (χ1n) is 12.8. The molecule has 1 aliphatic heterocycles. The first kappa shape index (κ1) is 28.3. The normalized spacial score (nSPS) is 13.5. The van der Waals surface area contributed by atoms with E-state index in [2.05, 4.69) is 27.7 Å². The number of carbonyl (C=O) groups is 2. The number of amides is 1. The highest BCUT2D eigenvalue weighted by Crippen LogP contribution is 2.20. The molecular formula is C27H37FN4O5. The summed E-state index contributed by atoms with van der Waals surface area (Å²) in [6, 6.07) is 8.73. The van der Waals surface area contributed by atoms with Crippen LogP contribution < -0.4 is 10.6 Å². The molecule has 1 atom stereocenters. The van der Waals surface area contributed by atoms with Gasteiger partial charge in [0, 0.05) is 32.4 Å². The number of aliphatic carboxylic acids is 1. The number of alkyl carbamates (subject to hydrolysis) is 1. The van der Waals surface area contributed by atoms with Crippen LogP contribution in [0.25, 0.3) is 0 Å². The minimum Gasteiger partial charge on any atom is -0.480 e. The molecule has 3 N–H and O–H groups in total. The van der Waals surface area contributed by atoms with Crippen LogP contribution in [0.5, 0.6) is 0 Å². The van der Waals surface area contributed by atoms with E-state index in [0.717, 1.165) is 56.7 Å². The molecule has 0 bridgehead atoms. The Bertz CT molecular complexity index is 1000. The molecule has 0 fully saturated rings. The number of methoxy groups -OCH3 is 1. The van der Waals surface area contributed by atoms with Crippen LogP contribution in [-0.2, 0) is 33.7 Å². The van der Waals surface area contributed by atoms with Crippen molar-refractivity contribution in [1.82, 2.24) is 15.2 Å². The van der Waals surface area contributed by atoms with Gasteiger partial charge in [0.1, 0.15) is 24.3 Å². The molecule has 0 saturated heterocycles. The number of carboxylic acid groups (broad SMARTS) is 1. The number of fused-ring (bicyclic) bond motifs is 1. The van der Waals surface area contributed by atoms with Crippen molar-refractivity contribution in [2.45, 2.75) is 51.2 Å². The van der Waals surface area contributed by atoms with Crippen molar-refractivity contribution in [1.29, 1.82) is 0 Å². The van der Waals surface area contributed by atoms with Crippen molar-refractivity contribution in [3.05, 3.63) is 59.0 Å². The van der Waals surface area contributed by atoms with E-state index in [1.165, 1.54) is 29.8 Å². The molecule has 0 aliphatic carbocycles. The second-order valence-corrected chi connectivity index (χ2v) is 9.16. The predicted molar refractivity (Wildman–Crippen MR) is 138 cm³/mol. The third-order valence-corrected chi connectivity index (χ3v) is 6.33. The van der Waals surface area contributed by atoms with Crippen molar-refractivity contribution in [2.75, 3.05) is 45.2 Å². The van der Waals surface area contributed by atoms with E-state index in [9.17, 15) is 19.1 Å². The second-order valence-electron chi connectivity index (χ2n) is 9.16. The van der Waals surface area contributed by atoms with Crippen molar-refractivity contribution in [3.63, 3.8) is 0 Å². The SMILES string of the molecule is COCCN(CCCCc1ccc2c(n1)NCCC2)CC[C@H](NC(=O)OCc1ccc(F)cc1)C(=O)O. The monoisotopic (exact) mass is 516 g/mol. The van der Waals surface area contributed by atoms with Gasteiger partial charge in [0.25, 0.3) is 0 Å². The summed E-state index contributed by atoms with van der Waals surface area (Å²) in [7, 11) is 1.63. The lowest BCUT2D eigenvalue weighted by Gasteiger charge is -2.24. The fourth-order valence-corrected chi connectivity index (χ4v) is 4.19. The zero-order chi connectivity index (χ0) is 26.5. The molecule has 37 heavy (non-hydrogen) atoms. The Labute approximate surface area is 217 Å². The fraction of sp³-hybridized carbons (Fsp3) is 0.519. The Morgan fingerprint density at radius 3 is 2.73 bits per heavy atom. The van der Waals surface area contributed by atoms with Gasteiger partial charge in [-0.05, 0) is 74.4 Å². The van der Waals surface area contributed by atoms with E-state index >= 15 is 0 Å². The lowest BCUT2D eigenvalue weighted by Crippen LogP contribution is -2.43. The number of hydrogen-bond donors (Lipinski definition) is 3. The van der Waals surface area contributed by atoms with Crippen LogP contribution in [0.2, 0.25) is 0 Å². The Hall–Kier alpha value is -3.24. The Balaban J connectivity index is 1.42. The highest BCUT2D eigenvalue weighted by molar-refractivity contribution is 5.79. The summed E-state index contributed by atoms with van der Waals surface area (Å²) < 4.78 is 23.3. The van der Waals surface area contributed by atoms with Crippen LogP contribution in [0.3, 0.4) is 0 Å². The number of aromatic nitrogens is 1. The smallest absolute Gasteiger partial charge is 0.408 e. The van der Waals surface area contributed by atoms with Crippen LogP contribution in [0.1, 0.15) is 42.5 Å². The average Bonchev–Trinajstić information content (AvgIpc) is 2.90. The number of rotatable bonds is 15. The maximum atomic E-state index is 13.0. The molecule has 1 aliphatic rings. The van der Waals surface area contributed by atoms with Crippen molar-refractivity contribution >= 4 is 17.9 Å². The number of ether oxygens (including phenoxy) is 2. The summed E-state index contributed by atoms with van der Waals surface area (Å²) >= 11 is 0. The van der Waals surface area contributed by atoms with E-state index in [1.54, 1.807) is 7.11 Å². The number of pyridine rings is 1. The van der Waals surface area contributed by atoms with Crippen LogP contribution in [0.4, 0.5) is 15.0 Å². The molecular weight excluding hydrogens is 479 g/mol. The maximum Gasteiger partial charge on any atom is 0.408 e. The third-order valence-electron chi connectivity index (χ3n) is 6.33. The molecule has 2 heterocycles. The molecule has 1 amide bonds. The third kappa shape index (κ3) is 9.97. The second kappa shape index (κ2) is 15.1. The standard InChI is InChI=1S/C27H37FN4O5/c1-36-18-17-32(15-3-2-6-23-12-9-21-5-4-14-29-25(21)30-23)16-13-24(26(33)34)31-27(35)37-19-20-7-10-22(28)11-8-20/h7-12,24H,2-6,13-19H2,1H3,(H,29,30)(H,31,35)(H,33,34)/t24-/m0/s1. The number of carbonyl (C=O) groups excluding carboxylic acids is 1. The summed E-state index contributed by atoms with van der Waals surface area (Å²) in [5, 5.41) is 15.4. The van der Waals surface area contributed by atoms with Crippen LogP contribution >= 0.6 is 0 Å². The molecule has 0 radical (unpaired) electrons. The minimum atomic E-state index is -1.13. The zero-order valence-corrected chi connectivity index (χ0v) is 21.4. The summed E-state index contributed by atoms with van der Waals surface area (Å²) in [5.41, 5.74) is 2.96. The van der Waals surface area contributed by atoms with Crippen molar-refractivity contribution in [2.24, 2.45) is 0 Å². The van der Waals surface area contributed by atoms with Crippen LogP contribution in [0, 0.1) is 5.82 Å². The molecule has 1 aromatic heterocycles. The van der Waals surface area contributed by atoms with Gasteiger partial charge in [-0.15, -0.1) is 0 Å². The quantitative estimate of drug-likeness (QED) is 0.308. The molecule has 3 rings (SSSR count). The van der Waals surface area contributed by atoms with Gasteiger partial charge >= 0.3 is 12.1 Å². The highest BCUT2D eigenvalue weighted by Gasteiger charge is 2.22. The summed E-state index contributed by atoms with van der Waals surface area (Å²) in [6.45, 7) is 3.36. The number of unbranched alkanes of at least 4 members (excludes halogenated alkanes) is 1. The van der Waals surface area contributed by atoms with Gasteiger partial charge in [-0.3, -0.25) is 0 Å². The predicted octanol–water partition coefficient (Wildman–Crippen LogP) is 3.62. The molecule has 10 heteroatoms. The van der Waals surface area contributed by atoms with Gasteiger partial charge in [-0.2, -0.15) is 0 Å². The molecule has 2 aromatic rings. The Kier molecular flexibility index (Phi) is 11.6. The van der Waals surface area contributed by atoms with E-state index in [4.69, 9.17) is 14.5 Å². The topological polar surface area (TPSA) is 113 Å². The molecule has 0 unspecified atom stereocenters. The van der Waals surface area contributed by atoms with Crippen LogP contribution in [0.15, 0.2) is 36.4 Å². The van der Waals surface area contributed by atoms with Gasteiger partial charge in [-0.1, -0.05) is 18.2 Å². The first-order valence-corrected chi connectivity index (χ1v) is 12.8. The Morgan fingerprint density at radius 1 is 1.16 bits per heavy atom. The molecule has 0 saturated carbocycles. The summed E-state index contributed by atoms with van der Waals surface area (Å²) in [5.74, 6) is -0.504. The van der Waals surface area contributed by atoms with E-state index in [1.807, 2.05) is 0 Å². The van der Waals surface area contributed by atoms with Gasteiger partial charge in [0.2, 0.25) is 0 Å². The Morgan fingerprint density at radius 2 is 1.97 bits per heavy atom. The number of aryl methyl sites for hydroxylation is 2. The number of anilines is 1. The van der Waals surface area contributed by atoms with Gasteiger partial charge in [-0.25, -0.2) is 19.0 Å². The number of carboxylic acids is 1. The van der Waals surface area contributed by atoms with Gasteiger partial charge in [0.15, 0.2) is 0 Å². The largest absolute Gasteiger partial charge is 0.480 e. The van der Waals surface area contributed by atoms with E-state index < -0.39 is 18.1 Å². The first-order chi connectivity index (χ1) is 17.9. The number of nitrogens with one attached hydrogen (secondary N) is 2. The van der Waals surface area contributed by atoms with Crippen LogP contribution in [-0.4, -0.2) is 73.0 Å². The van der Waals surface area contributed by atoms with Gasteiger partial charge in [0.05, 0.1) is 6.61 Å². The average molecular weight is 517 g/mol. The highest BCUT2D eigenvalue weighted by atomic mass is 19.1. The summed E-state index contributed by atoms with van der Waals surface area (Å²) in [6.07, 6.45) is 4.39. The molecule has 1 aromatic carbocycles. The molecule has 0 spiro atoms. The number of benzene rings is 1. The fourth-order valence-electron chi connectivity index (χ4n) is 4.19. The number of nitrogens with zero attached hydrogens (tertiary/aromatic N) is 2. The zero-order valence-electron chi connectivity index (χ0n) is 21.4. The summed E-state index contributed by atoms with van der Waals surface area (Å²) in [4.78, 5) is 30.8. The number of hydrogen-bond acceptors (Lipinski definition) is 7. The molecule has 9 nitrogen and oxygen atoms in total. The van der Waals surface area contributed by atoms with E-state index in [0.29, 0.717) is 25.3 Å². The lowest BCUT2D eigenvalue weighted by atomic mass is 10.1. The number of halogens is 1.